The Morgan fingerprint density at radius 1 is 1.20 bits per heavy atom. The van der Waals surface area contributed by atoms with Crippen LogP contribution in [-0.2, 0) is 0 Å². The Kier molecular flexibility index (Phi) is 4.26. The van der Waals surface area contributed by atoms with Crippen LogP contribution in [0.5, 0.6) is 11.5 Å². The molecule has 0 aliphatic heterocycles. The number of hydrogen-bond donors (Lipinski definition) is 1. The summed E-state index contributed by atoms with van der Waals surface area (Å²) in [5.74, 6) is 3.36. The van der Waals surface area contributed by atoms with Crippen molar-refractivity contribution >= 4 is 0 Å². The predicted octanol–water partition coefficient (Wildman–Crippen LogP) is 3.37. The van der Waals surface area contributed by atoms with Crippen molar-refractivity contribution in [2.24, 2.45) is 11.8 Å². The fraction of sp³-hybridized carbons (Fsp3) is 0.529. The Balaban J connectivity index is 1.59. The first-order valence-electron chi connectivity index (χ1n) is 7.57. The topological polar surface area (TPSA) is 30.5 Å². The Labute approximate surface area is 121 Å². The zero-order chi connectivity index (χ0) is 13.8. The summed E-state index contributed by atoms with van der Waals surface area (Å²) < 4.78 is 12.0. The summed E-state index contributed by atoms with van der Waals surface area (Å²) in [7, 11) is 0. The van der Waals surface area contributed by atoms with Crippen LogP contribution < -0.4 is 14.8 Å². The quantitative estimate of drug-likeness (QED) is 0.469. The Bertz CT molecular complexity index is 460. The van der Waals surface area contributed by atoms with Gasteiger partial charge in [0.25, 0.3) is 0 Å². The first kappa shape index (κ1) is 13.5. The van der Waals surface area contributed by atoms with Gasteiger partial charge in [0.1, 0.15) is 12.8 Å². The van der Waals surface area contributed by atoms with Crippen LogP contribution in [0.15, 0.2) is 36.9 Å². The van der Waals surface area contributed by atoms with E-state index in [1.807, 2.05) is 30.3 Å². The second-order valence-corrected chi connectivity index (χ2v) is 5.81. The van der Waals surface area contributed by atoms with E-state index in [0.717, 1.165) is 29.9 Å². The Morgan fingerprint density at radius 2 is 2.05 bits per heavy atom. The van der Waals surface area contributed by atoms with Crippen molar-refractivity contribution in [3.63, 3.8) is 0 Å². The van der Waals surface area contributed by atoms with Crippen LogP contribution in [0, 0.1) is 11.8 Å². The molecule has 1 aromatic carbocycles. The fourth-order valence-corrected chi connectivity index (χ4v) is 3.45. The average molecular weight is 273 g/mol. The lowest BCUT2D eigenvalue weighted by molar-refractivity contribution is 0.131. The summed E-state index contributed by atoms with van der Waals surface area (Å²) in [6.45, 7) is 4.89. The van der Waals surface area contributed by atoms with E-state index in [2.05, 4.69) is 11.9 Å². The third kappa shape index (κ3) is 2.98. The van der Waals surface area contributed by atoms with Gasteiger partial charge >= 0.3 is 0 Å². The van der Waals surface area contributed by atoms with Crippen LogP contribution in [0.1, 0.15) is 25.7 Å². The van der Waals surface area contributed by atoms with E-state index in [9.17, 15) is 0 Å². The number of rotatable bonds is 7. The monoisotopic (exact) mass is 273 g/mol. The molecule has 2 aliphatic rings. The Morgan fingerprint density at radius 3 is 2.75 bits per heavy atom. The SMILES string of the molecule is C=CCNCOc1ccccc1OC1CC2CCC1C2. The minimum absolute atomic E-state index is 0.389. The molecule has 2 fully saturated rings. The molecule has 2 bridgehead atoms. The summed E-state index contributed by atoms with van der Waals surface area (Å²) in [5, 5.41) is 3.14. The van der Waals surface area contributed by atoms with E-state index in [-0.39, 0.29) is 0 Å². The normalized spacial score (nSPS) is 27.5. The maximum absolute atomic E-state index is 6.22. The van der Waals surface area contributed by atoms with Gasteiger partial charge in [0, 0.05) is 6.54 Å². The predicted molar refractivity (Wildman–Crippen MR) is 80.0 cm³/mol. The summed E-state index contributed by atoms with van der Waals surface area (Å²) in [4.78, 5) is 0. The fourth-order valence-electron chi connectivity index (χ4n) is 3.45. The highest BCUT2D eigenvalue weighted by Crippen LogP contribution is 2.46. The molecule has 0 radical (unpaired) electrons. The average Bonchev–Trinajstić information content (AvgIpc) is 3.08. The number of nitrogens with one attached hydrogen (secondary N) is 1. The molecule has 20 heavy (non-hydrogen) atoms. The van der Waals surface area contributed by atoms with Gasteiger partial charge in [-0.2, -0.15) is 0 Å². The van der Waals surface area contributed by atoms with Crippen LogP contribution in [-0.4, -0.2) is 19.4 Å². The van der Waals surface area contributed by atoms with Gasteiger partial charge in [-0.3, -0.25) is 5.32 Å². The molecule has 0 spiro atoms. The maximum Gasteiger partial charge on any atom is 0.163 e. The van der Waals surface area contributed by atoms with Gasteiger partial charge < -0.3 is 9.47 Å². The van der Waals surface area contributed by atoms with E-state index >= 15 is 0 Å². The lowest BCUT2D eigenvalue weighted by Crippen LogP contribution is -2.24. The molecule has 0 aromatic heterocycles. The zero-order valence-corrected chi connectivity index (χ0v) is 11.9. The Hall–Kier alpha value is -1.48. The molecule has 3 heteroatoms. The first-order valence-corrected chi connectivity index (χ1v) is 7.57. The zero-order valence-electron chi connectivity index (χ0n) is 11.9. The van der Waals surface area contributed by atoms with Crippen LogP contribution in [0.25, 0.3) is 0 Å². The third-order valence-corrected chi connectivity index (χ3v) is 4.42. The summed E-state index contributed by atoms with van der Waals surface area (Å²) in [6.07, 6.45) is 7.51. The van der Waals surface area contributed by atoms with Gasteiger partial charge in [-0.05, 0) is 49.7 Å². The molecule has 3 unspecified atom stereocenters. The van der Waals surface area contributed by atoms with Crippen molar-refractivity contribution in [2.45, 2.75) is 31.8 Å². The number of benzene rings is 1. The van der Waals surface area contributed by atoms with Crippen LogP contribution in [0.3, 0.4) is 0 Å². The maximum atomic E-state index is 6.22. The van der Waals surface area contributed by atoms with Gasteiger partial charge in [0.15, 0.2) is 11.5 Å². The molecule has 3 rings (SSSR count). The van der Waals surface area contributed by atoms with E-state index in [1.165, 1.54) is 25.7 Å². The van der Waals surface area contributed by atoms with Gasteiger partial charge in [-0.1, -0.05) is 18.2 Å². The summed E-state index contributed by atoms with van der Waals surface area (Å²) >= 11 is 0. The molecular formula is C17H23NO2. The lowest BCUT2D eigenvalue weighted by atomic mass is 9.98. The molecule has 1 N–H and O–H groups in total. The van der Waals surface area contributed by atoms with Gasteiger partial charge in [0.2, 0.25) is 0 Å². The molecule has 1 aromatic rings. The van der Waals surface area contributed by atoms with Crippen molar-refractivity contribution in [3.8, 4) is 11.5 Å². The summed E-state index contributed by atoms with van der Waals surface area (Å²) in [5.41, 5.74) is 0. The molecule has 0 heterocycles. The van der Waals surface area contributed by atoms with E-state index in [4.69, 9.17) is 9.47 Å². The number of fused-ring (bicyclic) bond motifs is 2. The van der Waals surface area contributed by atoms with Crippen molar-refractivity contribution in [3.05, 3.63) is 36.9 Å². The van der Waals surface area contributed by atoms with Crippen molar-refractivity contribution in [1.29, 1.82) is 0 Å². The molecule has 0 amide bonds. The smallest absolute Gasteiger partial charge is 0.163 e. The highest BCUT2D eigenvalue weighted by molar-refractivity contribution is 5.39. The minimum atomic E-state index is 0.389. The molecule has 0 saturated heterocycles. The molecular weight excluding hydrogens is 250 g/mol. The molecule has 108 valence electrons. The number of hydrogen-bond acceptors (Lipinski definition) is 3. The van der Waals surface area contributed by atoms with Crippen LogP contribution >= 0.6 is 0 Å². The van der Waals surface area contributed by atoms with E-state index in [0.29, 0.717) is 12.8 Å². The van der Waals surface area contributed by atoms with Crippen molar-refractivity contribution < 1.29 is 9.47 Å². The second kappa shape index (κ2) is 6.31. The number of para-hydroxylation sites is 2. The van der Waals surface area contributed by atoms with Gasteiger partial charge in [-0.15, -0.1) is 6.58 Å². The first-order chi connectivity index (χ1) is 9.86. The molecule has 3 nitrogen and oxygen atoms in total. The summed E-state index contributed by atoms with van der Waals surface area (Å²) in [6, 6.07) is 7.97. The highest BCUT2D eigenvalue weighted by Gasteiger charge is 2.41. The third-order valence-electron chi connectivity index (χ3n) is 4.42. The standard InChI is InChI=1S/C17H23NO2/c1-2-9-18-12-19-15-5-3-4-6-16(15)20-17-11-13-7-8-14(17)10-13/h2-6,13-14,17-18H,1,7-12H2. The second-order valence-electron chi connectivity index (χ2n) is 5.81. The van der Waals surface area contributed by atoms with Gasteiger partial charge in [-0.25, -0.2) is 0 Å². The largest absolute Gasteiger partial charge is 0.486 e. The van der Waals surface area contributed by atoms with E-state index in [1.54, 1.807) is 0 Å². The van der Waals surface area contributed by atoms with E-state index < -0.39 is 0 Å². The van der Waals surface area contributed by atoms with Crippen molar-refractivity contribution in [2.75, 3.05) is 13.3 Å². The molecule has 2 aliphatic carbocycles. The van der Waals surface area contributed by atoms with Crippen molar-refractivity contribution in [1.82, 2.24) is 5.32 Å². The van der Waals surface area contributed by atoms with Crippen LogP contribution in [0.4, 0.5) is 0 Å². The number of ether oxygens (including phenoxy) is 2. The molecule has 2 saturated carbocycles. The van der Waals surface area contributed by atoms with Crippen LogP contribution in [0.2, 0.25) is 0 Å². The molecule has 3 atom stereocenters. The minimum Gasteiger partial charge on any atom is -0.486 e. The van der Waals surface area contributed by atoms with Gasteiger partial charge in [0.05, 0.1) is 0 Å². The lowest BCUT2D eigenvalue weighted by Gasteiger charge is -2.24. The highest BCUT2D eigenvalue weighted by atomic mass is 16.5.